The third-order valence-electron chi connectivity index (χ3n) is 5.05. The molecule has 2 amide bonds. The van der Waals surface area contributed by atoms with Crippen LogP contribution in [0.1, 0.15) is 16.1 Å². The number of aromatic hydroxyl groups is 1. The van der Waals surface area contributed by atoms with Crippen LogP contribution in [0.5, 0.6) is 5.75 Å². The van der Waals surface area contributed by atoms with E-state index in [1.165, 1.54) is 18.3 Å². The van der Waals surface area contributed by atoms with Crippen LogP contribution in [0, 0.1) is 5.82 Å². The minimum absolute atomic E-state index is 0.0597. The van der Waals surface area contributed by atoms with Crippen LogP contribution in [0.15, 0.2) is 42.6 Å². The largest absolute Gasteiger partial charge is 0.504 e. The van der Waals surface area contributed by atoms with Crippen molar-refractivity contribution in [2.45, 2.75) is 6.54 Å². The summed E-state index contributed by atoms with van der Waals surface area (Å²) in [5.41, 5.74) is 0.763. The average Bonchev–Trinajstić information content (AvgIpc) is 2.75. The lowest BCUT2D eigenvalue weighted by atomic mass is 10.1. The number of hydrogen-bond donors (Lipinski definition) is 2. The molecule has 0 bridgehead atoms. The molecule has 0 spiro atoms. The third-order valence-corrected chi connectivity index (χ3v) is 5.05. The molecular weight excluding hydrogens is 389 g/mol. The van der Waals surface area contributed by atoms with Gasteiger partial charge in [-0.25, -0.2) is 9.37 Å². The van der Waals surface area contributed by atoms with Gasteiger partial charge in [0.15, 0.2) is 11.4 Å². The first-order valence-electron chi connectivity index (χ1n) is 9.43. The molecule has 2 aromatic heterocycles. The van der Waals surface area contributed by atoms with E-state index in [2.05, 4.69) is 15.3 Å². The molecule has 1 fully saturated rings. The number of pyridine rings is 2. The molecule has 0 radical (unpaired) electrons. The number of benzene rings is 1. The van der Waals surface area contributed by atoms with Gasteiger partial charge >= 0.3 is 0 Å². The molecule has 1 aromatic carbocycles. The number of nitrogens with one attached hydrogen (secondary N) is 1. The van der Waals surface area contributed by atoms with Gasteiger partial charge in [0.2, 0.25) is 5.91 Å². The lowest BCUT2D eigenvalue weighted by Crippen LogP contribution is -2.49. The van der Waals surface area contributed by atoms with Gasteiger partial charge in [0.1, 0.15) is 17.2 Å². The van der Waals surface area contributed by atoms with Crippen molar-refractivity contribution in [1.82, 2.24) is 20.2 Å². The molecule has 8 nitrogen and oxygen atoms in total. The van der Waals surface area contributed by atoms with Crippen LogP contribution in [0.4, 0.5) is 10.2 Å². The zero-order valence-corrected chi connectivity index (χ0v) is 16.3. The molecule has 4 rings (SSSR count). The number of carbonyl (C=O) groups excluding carboxylic acids is 2. The average molecular weight is 409 g/mol. The Labute approximate surface area is 172 Å². The van der Waals surface area contributed by atoms with Crippen molar-refractivity contribution in [2.75, 3.05) is 31.6 Å². The monoisotopic (exact) mass is 409 g/mol. The number of hydrogen-bond acceptors (Lipinski definition) is 6. The van der Waals surface area contributed by atoms with Gasteiger partial charge in [-0.05, 0) is 29.8 Å². The van der Waals surface area contributed by atoms with E-state index >= 15 is 0 Å². The highest BCUT2D eigenvalue weighted by Crippen LogP contribution is 2.33. The number of anilines is 1. The van der Waals surface area contributed by atoms with E-state index in [4.69, 9.17) is 0 Å². The van der Waals surface area contributed by atoms with E-state index in [0.717, 1.165) is 0 Å². The van der Waals surface area contributed by atoms with E-state index in [1.54, 1.807) is 41.1 Å². The molecule has 1 saturated heterocycles. The first kappa shape index (κ1) is 19.6. The molecule has 0 saturated carbocycles. The second-order valence-corrected chi connectivity index (χ2v) is 7.08. The fourth-order valence-corrected chi connectivity index (χ4v) is 3.31. The van der Waals surface area contributed by atoms with Crippen molar-refractivity contribution in [3.8, 4) is 5.75 Å². The Bertz CT molecular complexity index is 1120. The number of nitrogens with zero attached hydrogens (tertiary/aromatic N) is 4. The van der Waals surface area contributed by atoms with Crippen molar-refractivity contribution in [3.63, 3.8) is 0 Å². The Morgan fingerprint density at radius 1 is 1.23 bits per heavy atom. The van der Waals surface area contributed by atoms with Gasteiger partial charge in [-0.2, -0.15) is 0 Å². The summed E-state index contributed by atoms with van der Waals surface area (Å²) in [6, 6.07) is 9.18. The maximum absolute atomic E-state index is 13.1. The van der Waals surface area contributed by atoms with Crippen molar-refractivity contribution in [2.24, 2.45) is 0 Å². The van der Waals surface area contributed by atoms with Crippen LogP contribution >= 0.6 is 0 Å². The highest BCUT2D eigenvalue weighted by atomic mass is 19.1. The standard InChI is InChI=1S/C21H20FN5O3/c1-26-9-10-27(12-16(26)28)20-15-3-2-8-23-17(15)19(29)18(25-20)21(30)24-11-13-4-6-14(22)7-5-13/h2-8,29H,9-12H2,1H3,(H,24,30). The normalized spacial score (nSPS) is 14.3. The second-order valence-electron chi connectivity index (χ2n) is 7.08. The van der Waals surface area contributed by atoms with Crippen LogP contribution in [-0.2, 0) is 11.3 Å². The van der Waals surface area contributed by atoms with Crippen LogP contribution < -0.4 is 10.2 Å². The maximum Gasteiger partial charge on any atom is 0.274 e. The Morgan fingerprint density at radius 2 is 2.00 bits per heavy atom. The zero-order chi connectivity index (χ0) is 21.3. The number of fused-ring (bicyclic) bond motifs is 1. The molecule has 9 heteroatoms. The Kier molecular flexibility index (Phi) is 5.18. The molecule has 30 heavy (non-hydrogen) atoms. The van der Waals surface area contributed by atoms with Crippen molar-refractivity contribution >= 4 is 28.5 Å². The van der Waals surface area contributed by atoms with Crippen molar-refractivity contribution in [3.05, 3.63) is 59.7 Å². The van der Waals surface area contributed by atoms with Gasteiger partial charge in [0.25, 0.3) is 5.91 Å². The van der Waals surface area contributed by atoms with Crippen LogP contribution in [0.2, 0.25) is 0 Å². The first-order valence-corrected chi connectivity index (χ1v) is 9.43. The lowest BCUT2D eigenvalue weighted by molar-refractivity contribution is -0.129. The van der Waals surface area contributed by atoms with Crippen LogP contribution in [0.25, 0.3) is 10.9 Å². The molecular formula is C21H20FN5O3. The predicted molar refractivity (Wildman–Crippen MR) is 109 cm³/mol. The maximum atomic E-state index is 13.1. The molecule has 3 heterocycles. The molecule has 0 atom stereocenters. The number of carbonyl (C=O) groups is 2. The topological polar surface area (TPSA) is 98.7 Å². The summed E-state index contributed by atoms with van der Waals surface area (Å²) in [4.78, 5) is 37.0. The zero-order valence-electron chi connectivity index (χ0n) is 16.3. The minimum Gasteiger partial charge on any atom is -0.504 e. The van der Waals surface area contributed by atoms with Gasteiger partial charge in [-0.1, -0.05) is 12.1 Å². The van der Waals surface area contributed by atoms with E-state index in [0.29, 0.717) is 29.9 Å². The molecule has 1 aliphatic heterocycles. The van der Waals surface area contributed by atoms with Gasteiger partial charge in [0, 0.05) is 38.3 Å². The van der Waals surface area contributed by atoms with Gasteiger partial charge in [0.05, 0.1) is 6.54 Å². The molecule has 2 N–H and O–H groups in total. The molecule has 0 unspecified atom stereocenters. The van der Waals surface area contributed by atoms with E-state index in [9.17, 15) is 19.1 Å². The minimum atomic E-state index is -0.592. The number of halogens is 1. The molecule has 0 aliphatic carbocycles. The number of rotatable bonds is 4. The highest BCUT2D eigenvalue weighted by molar-refractivity contribution is 6.04. The molecule has 1 aliphatic rings. The SMILES string of the molecule is CN1CCN(c2nc(C(=O)NCc3ccc(F)cc3)c(O)c3ncccc23)CC1=O. The summed E-state index contributed by atoms with van der Waals surface area (Å²) in [6.45, 7) is 1.33. The lowest BCUT2D eigenvalue weighted by Gasteiger charge is -2.33. The van der Waals surface area contributed by atoms with Gasteiger partial charge in [-0.15, -0.1) is 0 Å². The van der Waals surface area contributed by atoms with Crippen LogP contribution in [0.3, 0.4) is 0 Å². The summed E-state index contributed by atoms with van der Waals surface area (Å²) in [7, 11) is 1.73. The number of likely N-dealkylation sites (N-methyl/N-ethyl adjacent to an activating group) is 1. The Morgan fingerprint density at radius 3 is 2.73 bits per heavy atom. The van der Waals surface area contributed by atoms with Gasteiger partial charge in [-0.3, -0.25) is 14.6 Å². The highest BCUT2D eigenvalue weighted by Gasteiger charge is 2.27. The Hall–Kier alpha value is -3.75. The van der Waals surface area contributed by atoms with E-state index in [-0.39, 0.29) is 41.8 Å². The molecule has 3 aromatic rings. The number of aromatic nitrogens is 2. The summed E-state index contributed by atoms with van der Waals surface area (Å²) in [5, 5.41) is 13.9. The predicted octanol–water partition coefficient (Wildman–Crippen LogP) is 1.68. The Balaban J connectivity index is 1.67. The summed E-state index contributed by atoms with van der Waals surface area (Å²) >= 11 is 0. The van der Waals surface area contributed by atoms with E-state index in [1.807, 2.05) is 0 Å². The van der Waals surface area contributed by atoms with Gasteiger partial charge < -0.3 is 20.2 Å². The number of piperazine rings is 1. The van der Waals surface area contributed by atoms with Crippen molar-refractivity contribution < 1.29 is 19.1 Å². The first-order chi connectivity index (χ1) is 14.4. The fourth-order valence-electron chi connectivity index (χ4n) is 3.31. The fraction of sp³-hybridized carbons (Fsp3) is 0.238. The van der Waals surface area contributed by atoms with Crippen LogP contribution in [-0.4, -0.2) is 58.5 Å². The summed E-state index contributed by atoms with van der Waals surface area (Å²) < 4.78 is 13.1. The van der Waals surface area contributed by atoms with Crippen molar-refractivity contribution in [1.29, 1.82) is 0 Å². The number of amides is 2. The smallest absolute Gasteiger partial charge is 0.274 e. The van der Waals surface area contributed by atoms with E-state index < -0.39 is 5.91 Å². The summed E-state index contributed by atoms with van der Waals surface area (Å²) in [5.74, 6) is -0.923. The third kappa shape index (κ3) is 3.73. The summed E-state index contributed by atoms with van der Waals surface area (Å²) in [6.07, 6.45) is 1.52. The quantitative estimate of drug-likeness (QED) is 0.680. The molecule has 154 valence electrons. The second kappa shape index (κ2) is 7.94.